The molecule has 1 atom stereocenters. The summed E-state index contributed by atoms with van der Waals surface area (Å²) in [5.41, 5.74) is 0. The molecule has 1 aliphatic carbocycles. The minimum Gasteiger partial charge on any atom is -0.392 e. The van der Waals surface area contributed by atoms with E-state index in [9.17, 15) is 0 Å². The van der Waals surface area contributed by atoms with Crippen LogP contribution in [0.25, 0.3) is 0 Å². The van der Waals surface area contributed by atoms with Crippen LogP contribution < -0.4 is 5.32 Å². The Labute approximate surface area is 69.0 Å². The predicted molar refractivity (Wildman–Crippen MR) is 46.5 cm³/mol. The van der Waals surface area contributed by atoms with Gasteiger partial charge in [0.05, 0.1) is 6.10 Å². The summed E-state index contributed by atoms with van der Waals surface area (Å²) in [7, 11) is 0. The molecule has 0 heterocycles. The number of aliphatic hydroxyl groups is 1. The topological polar surface area (TPSA) is 32.3 Å². The van der Waals surface area contributed by atoms with Gasteiger partial charge in [-0.25, -0.2) is 0 Å². The molecule has 0 saturated heterocycles. The van der Waals surface area contributed by atoms with Gasteiger partial charge < -0.3 is 10.4 Å². The summed E-state index contributed by atoms with van der Waals surface area (Å²) in [6.07, 6.45) is 5.37. The van der Waals surface area contributed by atoms with Gasteiger partial charge in [0.25, 0.3) is 0 Å². The molecule has 0 aromatic carbocycles. The van der Waals surface area contributed by atoms with Gasteiger partial charge in [-0.2, -0.15) is 0 Å². The summed E-state index contributed by atoms with van der Waals surface area (Å²) >= 11 is 0. The van der Waals surface area contributed by atoms with Crippen LogP contribution in [0.5, 0.6) is 0 Å². The lowest BCUT2D eigenvalue weighted by molar-refractivity contribution is 0.191. The van der Waals surface area contributed by atoms with Crippen molar-refractivity contribution in [1.29, 1.82) is 0 Å². The van der Waals surface area contributed by atoms with Crippen molar-refractivity contribution in [2.75, 3.05) is 13.1 Å². The van der Waals surface area contributed by atoms with Crippen molar-refractivity contribution in [3.05, 3.63) is 0 Å². The smallest absolute Gasteiger partial charge is 0.0636 e. The van der Waals surface area contributed by atoms with Crippen LogP contribution in [0, 0.1) is 5.92 Å². The number of nitrogens with one attached hydrogen (secondary N) is 1. The number of hydrogen-bond donors (Lipinski definition) is 2. The first kappa shape index (κ1) is 9.01. The molecule has 0 amide bonds. The van der Waals surface area contributed by atoms with Gasteiger partial charge >= 0.3 is 0 Å². The summed E-state index contributed by atoms with van der Waals surface area (Å²) in [5.74, 6) is 1.04. The summed E-state index contributed by atoms with van der Waals surface area (Å²) in [6.45, 7) is 3.62. The van der Waals surface area contributed by atoms with Gasteiger partial charge in [-0.3, -0.25) is 0 Å². The molecule has 66 valence electrons. The average Bonchev–Trinajstić information content (AvgIpc) is 2.70. The van der Waals surface area contributed by atoms with E-state index in [0.717, 1.165) is 19.0 Å². The molecule has 0 unspecified atom stereocenters. The Kier molecular flexibility index (Phi) is 3.87. The highest BCUT2D eigenvalue weighted by Gasteiger charge is 2.19. The Bertz CT molecular complexity index is 95.7. The highest BCUT2D eigenvalue weighted by atomic mass is 16.3. The molecular formula is C9H19NO. The van der Waals surface area contributed by atoms with Gasteiger partial charge in [0.15, 0.2) is 0 Å². The summed E-state index contributed by atoms with van der Waals surface area (Å²) in [4.78, 5) is 0. The van der Waals surface area contributed by atoms with Crippen LogP contribution in [0.2, 0.25) is 0 Å². The van der Waals surface area contributed by atoms with Crippen LogP contribution >= 0.6 is 0 Å². The maximum absolute atomic E-state index is 8.91. The SMILES string of the molecule is C[C@H](O)CNCCCC1CC1. The van der Waals surface area contributed by atoms with Crippen molar-refractivity contribution >= 4 is 0 Å². The largest absolute Gasteiger partial charge is 0.392 e. The van der Waals surface area contributed by atoms with Gasteiger partial charge in [-0.1, -0.05) is 12.8 Å². The van der Waals surface area contributed by atoms with Gasteiger partial charge in [-0.05, 0) is 32.2 Å². The van der Waals surface area contributed by atoms with Crippen LogP contribution in [-0.2, 0) is 0 Å². The van der Waals surface area contributed by atoms with Gasteiger partial charge in [-0.15, -0.1) is 0 Å². The Morgan fingerprint density at radius 2 is 2.27 bits per heavy atom. The van der Waals surface area contributed by atoms with Crippen LogP contribution in [-0.4, -0.2) is 24.3 Å². The van der Waals surface area contributed by atoms with E-state index in [0.29, 0.717) is 0 Å². The molecule has 0 spiro atoms. The molecule has 2 nitrogen and oxygen atoms in total. The maximum Gasteiger partial charge on any atom is 0.0636 e. The Balaban J connectivity index is 1.73. The normalized spacial score (nSPS) is 20.2. The second-order valence-corrected chi connectivity index (χ2v) is 3.64. The third-order valence-electron chi connectivity index (χ3n) is 2.10. The standard InChI is InChI=1S/C9H19NO/c1-8(11)7-10-6-2-3-9-4-5-9/h8-11H,2-7H2,1H3/t8-/m0/s1. The molecule has 1 fully saturated rings. The van der Waals surface area contributed by atoms with E-state index in [1.165, 1.54) is 25.7 Å². The zero-order valence-electron chi connectivity index (χ0n) is 7.34. The van der Waals surface area contributed by atoms with Gasteiger partial charge in [0, 0.05) is 6.54 Å². The molecule has 2 heteroatoms. The van der Waals surface area contributed by atoms with Crippen molar-refractivity contribution in [2.24, 2.45) is 5.92 Å². The minimum absolute atomic E-state index is 0.198. The monoisotopic (exact) mass is 157 g/mol. The van der Waals surface area contributed by atoms with E-state index in [-0.39, 0.29) is 6.10 Å². The molecule has 11 heavy (non-hydrogen) atoms. The fourth-order valence-corrected chi connectivity index (χ4v) is 1.23. The van der Waals surface area contributed by atoms with E-state index in [2.05, 4.69) is 5.32 Å². The first-order valence-corrected chi connectivity index (χ1v) is 4.68. The highest BCUT2D eigenvalue weighted by Crippen LogP contribution is 2.33. The number of aliphatic hydroxyl groups excluding tert-OH is 1. The third-order valence-corrected chi connectivity index (χ3v) is 2.10. The molecule has 1 aliphatic rings. The van der Waals surface area contributed by atoms with Gasteiger partial charge in [0.2, 0.25) is 0 Å². The van der Waals surface area contributed by atoms with E-state index >= 15 is 0 Å². The van der Waals surface area contributed by atoms with Crippen molar-refractivity contribution < 1.29 is 5.11 Å². The zero-order chi connectivity index (χ0) is 8.10. The summed E-state index contributed by atoms with van der Waals surface area (Å²) in [5, 5.41) is 12.1. The number of rotatable bonds is 6. The first-order chi connectivity index (χ1) is 5.29. The van der Waals surface area contributed by atoms with Gasteiger partial charge in [0.1, 0.15) is 0 Å². The molecule has 1 rings (SSSR count). The van der Waals surface area contributed by atoms with E-state index in [1.54, 1.807) is 0 Å². The second kappa shape index (κ2) is 4.73. The quantitative estimate of drug-likeness (QED) is 0.567. The molecule has 0 aromatic heterocycles. The fourth-order valence-electron chi connectivity index (χ4n) is 1.23. The lowest BCUT2D eigenvalue weighted by atomic mass is 10.2. The third kappa shape index (κ3) is 5.22. The Morgan fingerprint density at radius 3 is 2.82 bits per heavy atom. The van der Waals surface area contributed by atoms with E-state index < -0.39 is 0 Å². The van der Waals surface area contributed by atoms with Crippen molar-refractivity contribution in [3.8, 4) is 0 Å². The fraction of sp³-hybridized carbons (Fsp3) is 1.00. The summed E-state index contributed by atoms with van der Waals surface area (Å²) < 4.78 is 0. The average molecular weight is 157 g/mol. The molecule has 1 saturated carbocycles. The first-order valence-electron chi connectivity index (χ1n) is 4.68. The Hall–Kier alpha value is -0.0800. The number of hydrogen-bond acceptors (Lipinski definition) is 2. The van der Waals surface area contributed by atoms with Crippen molar-refractivity contribution in [3.63, 3.8) is 0 Å². The molecular weight excluding hydrogens is 138 g/mol. The van der Waals surface area contributed by atoms with Crippen LogP contribution in [0.15, 0.2) is 0 Å². The summed E-state index contributed by atoms with van der Waals surface area (Å²) in [6, 6.07) is 0. The molecule has 0 radical (unpaired) electrons. The minimum atomic E-state index is -0.198. The van der Waals surface area contributed by atoms with Crippen molar-refractivity contribution in [1.82, 2.24) is 5.32 Å². The van der Waals surface area contributed by atoms with Crippen LogP contribution in [0.4, 0.5) is 0 Å². The highest BCUT2D eigenvalue weighted by molar-refractivity contribution is 4.72. The van der Waals surface area contributed by atoms with Crippen LogP contribution in [0.3, 0.4) is 0 Å². The predicted octanol–water partition coefficient (Wildman–Crippen LogP) is 1.15. The van der Waals surface area contributed by atoms with E-state index in [1.807, 2.05) is 6.92 Å². The Morgan fingerprint density at radius 1 is 1.55 bits per heavy atom. The maximum atomic E-state index is 8.91. The lowest BCUT2D eigenvalue weighted by Crippen LogP contribution is -2.25. The molecule has 0 aromatic rings. The zero-order valence-corrected chi connectivity index (χ0v) is 7.34. The molecule has 0 bridgehead atoms. The second-order valence-electron chi connectivity index (χ2n) is 3.64. The molecule has 2 N–H and O–H groups in total. The molecule has 0 aliphatic heterocycles. The lowest BCUT2D eigenvalue weighted by Gasteiger charge is -2.05. The van der Waals surface area contributed by atoms with Crippen molar-refractivity contribution in [2.45, 2.75) is 38.7 Å². The van der Waals surface area contributed by atoms with Crippen LogP contribution in [0.1, 0.15) is 32.6 Å². The van der Waals surface area contributed by atoms with E-state index in [4.69, 9.17) is 5.11 Å².